The first-order valence-electron chi connectivity index (χ1n) is 8.96. The first-order valence-corrected chi connectivity index (χ1v) is 9.77. The number of hydrogen-bond donors (Lipinski definition) is 0. The fourth-order valence-corrected chi connectivity index (χ4v) is 3.98. The molecule has 0 radical (unpaired) electrons. The predicted octanol–water partition coefficient (Wildman–Crippen LogP) is 7.02. The lowest BCUT2D eigenvalue weighted by molar-refractivity contribution is 0.482. The van der Waals surface area contributed by atoms with Gasteiger partial charge in [0.2, 0.25) is 0 Å². The van der Waals surface area contributed by atoms with Crippen molar-refractivity contribution in [2.24, 2.45) is 0 Å². The van der Waals surface area contributed by atoms with Crippen molar-refractivity contribution in [2.75, 3.05) is 0 Å². The lowest BCUT2D eigenvalue weighted by Gasteiger charge is -2.07. The van der Waals surface area contributed by atoms with Crippen LogP contribution in [0.1, 0.15) is 23.9 Å². The second-order valence-corrected chi connectivity index (χ2v) is 7.59. The summed E-state index contributed by atoms with van der Waals surface area (Å²) in [5, 5.41) is 1.22. The van der Waals surface area contributed by atoms with Gasteiger partial charge >= 0.3 is 0 Å². The molecule has 130 valence electrons. The standard InChI is InChI=1S/C23H21NOS/c1-3-4-23-24-21-15-18(9-14-22(21)26-23)17-7-12-20(13-8-17)25-19-10-5-16(2)6-11-19/h5-15H,3-4H2,1-2H3. The number of thiazole rings is 1. The summed E-state index contributed by atoms with van der Waals surface area (Å²) in [5.74, 6) is 1.70. The van der Waals surface area contributed by atoms with E-state index in [-0.39, 0.29) is 0 Å². The van der Waals surface area contributed by atoms with Crippen LogP contribution < -0.4 is 4.74 Å². The summed E-state index contributed by atoms with van der Waals surface area (Å²) in [7, 11) is 0. The predicted molar refractivity (Wildman–Crippen MR) is 110 cm³/mol. The zero-order valence-corrected chi connectivity index (χ0v) is 15.8. The van der Waals surface area contributed by atoms with Gasteiger partial charge in [0.25, 0.3) is 0 Å². The number of nitrogens with zero attached hydrogens (tertiary/aromatic N) is 1. The molecule has 0 spiro atoms. The van der Waals surface area contributed by atoms with Gasteiger partial charge in [-0.15, -0.1) is 11.3 Å². The fourth-order valence-electron chi connectivity index (χ4n) is 2.93. The van der Waals surface area contributed by atoms with E-state index in [1.54, 1.807) is 11.3 Å². The molecule has 0 aliphatic carbocycles. The van der Waals surface area contributed by atoms with Crippen LogP contribution in [0.25, 0.3) is 21.3 Å². The number of aromatic nitrogens is 1. The minimum absolute atomic E-state index is 0.845. The molecule has 2 nitrogen and oxygen atoms in total. The molecule has 3 aromatic carbocycles. The van der Waals surface area contributed by atoms with E-state index in [0.29, 0.717) is 0 Å². The number of hydrogen-bond acceptors (Lipinski definition) is 3. The van der Waals surface area contributed by atoms with Crippen LogP contribution in [0, 0.1) is 6.92 Å². The van der Waals surface area contributed by atoms with Crippen molar-refractivity contribution < 1.29 is 4.74 Å². The maximum atomic E-state index is 5.91. The van der Waals surface area contributed by atoms with Gasteiger partial charge in [-0.05, 0) is 67.3 Å². The second-order valence-electron chi connectivity index (χ2n) is 6.48. The summed E-state index contributed by atoms with van der Waals surface area (Å²) in [6, 6.07) is 22.9. The highest BCUT2D eigenvalue weighted by Crippen LogP contribution is 2.30. The summed E-state index contributed by atoms with van der Waals surface area (Å²) in [6.07, 6.45) is 2.19. The molecule has 0 unspecified atom stereocenters. The second kappa shape index (κ2) is 7.30. The van der Waals surface area contributed by atoms with Crippen molar-refractivity contribution in [2.45, 2.75) is 26.7 Å². The van der Waals surface area contributed by atoms with Crippen LogP contribution in [0.5, 0.6) is 11.5 Å². The largest absolute Gasteiger partial charge is 0.457 e. The Hall–Kier alpha value is -2.65. The molecule has 0 aliphatic rings. The highest BCUT2D eigenvalue weighted by molar-refractivity contribution is 7.18. The average Bonchev–Trinajstić information content (AvgIpc) is 3.06. The molecule has 0 saturated carbocycles. The summed E-state index contributed by atoms with van der Waals surface area (Å²) in [4.78, 5) is 4.76. The minimum Gasteiger partial charge on any atom is -0.457 e. The molecule has 0 aliphatic heterocycles. The van der Waals surface area contributed by atoms with Crippen molar-refractivity contribution in [3.05, 3.63) is 77.3 Å². The number of rotatable bonds is 5. The molecule has 0 N–H and O–H groups in total. The molecule has 0 fully saturated rings. The third-order valence-corrected chi connectivity index (χ3v) is 5.44. The average molecular weight is 359 g/mol. The van der Waals surface area contributed by atoms with E-state index in [2.05, 4.69) is 56.3 Å². The molecule has 0 amide bonds. The Labute approximate surface area is 158 Å². The molecule has 4 rings (SSSR count). The van der Waals surface area contributed by atoms with E-state index < -0.39 is 0 Å². The maximum absolute atomic E-state index is 5.91. The number of aryl methyl sites for hydroxylation is 2. The van der Waals surface area contributed by atoms with E-state index >= 15 is 0 Å². The van der Waals surface area contributed by atoms with Crippen LogP contribution in [-0.4, -0.2) is 4.98 Å². The van der Waals surface area contributed by atoms with Crippen molar-refractivity contribution in [1.82, 2.24) is 4.98 Å². The van der Waals surface area contributed by atoms with Gasteiger partial charge in [0.05, 0.1) is 15.2 Å². The van der Waals surface area contributed by atoms with Crippen LogP contribution in [0.3, 0.4) is 0 Å². The molecular formula is C23H21NOS. The third kappa shape index (κ3) is 3.63. The summed E-state index contributed by atoms with van der Waals surface area (Å²) in [5.41, 5.74) is 4.68. The lowest BCUT2D eigenvalue weighted by atomic mass is 10.1. The summed E-state index contributed by atoms with van der Waals surface area (Å²) in [6.45, 7) is 4.26. The maximum Gasteiger partial charge on any atom is 0.127 e. The Balaban J connectivity index is 1.56. The van der Waals surface area contributed by atoms with E-state index in [1.807, 2.05) is 24.3 Å². The normalized spacial score (nSPS) is 11.0. The molecule has 26 heavy (non-hydrogen) atoms. The Morgan fingerprint density at radius 1 is 0.846 bits per heavy atom. The van der Waals surface area contributed by atoms with E-state index in [0.717, 1.165) is 29.9 Å². The summed E-state index contributed by atoms with van der Waals surface area (Å²) < 4.78 is 7.17. The van der Waals surface area contributed by atoms with Gasteiger partial charge in [-0.1, -0.05) is 42.8 Å². The van der Waals surface area contributed by atoms with Crippen molar-refractivity contribution in [1.29, 1.82) is 0 Å². The van der Waals surface area contributed by atoms with Gasteiger partial charge in [0.1, 0.15) is 11.5 Å². The Kier molecular flexibility index (Phi) is 4.72. The highest BCUT2D eigenvalue weighted by atomic mass is 32.1. The number of fused-ring (bicyclic) bond motifs is 1. The van der Waals surface area contributed by atoms with E-state index in [9.17, 15) is 0 Å². The first-order chi connectivity index (χ1) is 12.7. The molecule has 0 saturated heterocycles. The van der Waals surface area contributed by atoms with Crippen molar-refractivity contribution >= 4 is 21.6 Å². The van der Waals surface area contributed by atoms with Crippen molar-refractivity contribution in [3.63, 3.8) is 0 Å². The molecule has 1 heterocycles. The Morgan fingerprint density at radius 2 is 1.50 bits per heavy atom. The van der Waals surface area contributed by atoms with Crippen LogP contribution >= 0.6 is 11.3 Å². The van der Waals surface area contributed by atoms with Gasteiger partial charge in [-0.3, -0.25) is 0 Å². The third-order valence-electron chi connectivity index (χ3n) is 4.34. The van der Waals surface area contributed by atoms with Crippen LogP contribution in [-0.2, 0) is 6.42 Å². The van der Waals surface area contributed by atoms with E-state index in [1.165, 1.54) is 26.4 Å². The zero-order chi connectivity index (χ0) is 17.9. The van der Waals surface area contributed by atoms with Gasteiger partial charge < -0.3 is 4.74 Å². The van der Waals surface area contributed by atoms with Gasteiger partial charge in [-0.25, -0.2) is 4.98 Å². The highest BCUT2D eigenvalue weighted by Gasteiger charge is 2.06. The van der Waals surface area contributed by atoms with Crippen molar-refractivity contribution in [3.8, 4) is 22.6 Å². The fraction of sp³-hybridized carbons (Fsp3) is 0.174. The summed E-state index contributed by atoms with van der Waals surface area (Å²) >= 11 is 1.80. The quantitative estimate of drug-likeness (QED) is 0.382. The minimum atomic E-state index is 0.845. The van der Waals surface area contributed by atoms with E-state index in [4.69, 9.17) is 9.72 Å². The number of ether oxygens (including phenoxy) is 1. The van der Waals surface area contributed by atoms with Gasteiger partial charge in [-0.2, -0.15) is 0 Å². The monoisotopic (exact) mass is 359 g/mol. The van der Waals surface area contributed by atoms with Crippen LogP contribution in [0.4, 0.5) is 0 Å². The molecule has 3 heteroatoms. The zero-order valence-electron chi connectivity index (χ0n) is 15.0. The topological polar surface area (TPSA) is 22.1 Å². The Bertz CT molecular complexity index is 1020. The number of benzene rings is 3. The SMILES string of the molecule is CCCc1nc2cc(-c3ccc(Oc4ccc(C)cc4)cc3)ccc2s1. The molecule has 0 bridgehead atoms. The smallest absolute Gasteiger partial charge is 0.127 e. The van der Waals surface area contributed by atoms with Crippen LogP contribution in [0.15, 0.2) is 66.7 Å². The molecular weight excluding hydrogens is 338 g/mol. The molecule has 4 aromatic rings. The molecule has 1 aromatic heterocycles. The molecule has 0 atom stereocenters. The Morgan fingerprint density at radius 3 is 2.19 bits per heavy atom. The lowest BCUT2D eigenvalue weighted by Crippen LogP contribution is -1.85. The van der Waals surface area contributed by atoms with Gasteiger partial charge in [0, 0.05) is 0 Å². The first kappa shape index (κ1) is 16.8. The van der Waals surface area contributed by atoms with Crippen LogP contribution in [0.2, 0.25) is 0 Å². The van der Waals surface area contributed by atoms with Gasteiger partial charge in [0.15, 0.2) is 0 Å².